The molecule has 6 nitrogen and oxygen atoms in total. The van der Waals surface area contributed by atoms with Crippen molar-refractivity contribution in [2.45, 2.75) is 6.92 Å². The number of carbonyl (C=O) groups is 2. The van der Waals surface area contributed by atoms with Crippen molar-refractivity contribution in [1.82, 2.24) is 15.5 Å². The standard InChI is InChI=1S/C19H16F2N4O2/c1-11(26)22-10-19(27)23-18-8-14-16(24-25-17(14)9-15(18)21)7-4-12-2-5-13(20)6-3-12/h2-9H,10H2,1H3,(H,22,26)(H,23,27)(H,24,25). The number of nitrogens with zero attached hydrogens (tertiary/aromatic N) is 1. The van der Waals surface area contributed by atoms with Crippen LogP contribution < -0.4 is 10.6 Å². The molecule has 0 radical (unpaired) electrons. The number of carbonyl (C=O) groups excluding carboxylic acids is 2. The fourth-order valence-corrected chi connectivity index (χ4v) is 2.43. The van der Waals surface area contributed by atoms with Crippen molar-refractivity contribution in [3.63, 3.8) is 0 Å². The van der Waals surface area contributed by atoms with Crippen LogP contribution in [0.15, 0.2) is 36.4 Å². The van der Waals surface area contributed by atoms with E-state index in [4.69, 9.17) is 0 Å². The van der Waals surface area contributed by atoms with Gasteiger partial charge in [-0.05, 0) is 29.8 Å². The lowest BCUT2D eigenvalue weighted by atomic mass is 10.1. The van der Waals surface area contributed by atoms with Gasteiger partial charge in [0, 0.05) is 18.4 Å². The number of amides is 2. The molecule has 3 rings (SSSR count). The van der Waals surface area contributed by atoms with Gasteiger partial charge >= 0.3 is 0 Å². The molecule has 0 aliphatic rings. The summed E-state index contributed by atoms with van der Waals surface area (Å²) in [7, 11) is 0. The van der Waals surface area contributed by atoms with Gasteiger partial charge in [0.25, 0.3) is 0 Å². The number of rotatable bonds is 5. The number of nitrogens with one attached hydrogen (secondary N) is 3. The second-order valence-corrected chi connectivity index (χ2v) is 5.83. The first-order chi connectivity index (χ1) is 12.9. The van der Waals surface area contributed by atoms with Gasteiger partial charge in [-0.1, -0.05) is 18.2 Å². The van der Waals surface area contributed by atoms with Gasteiger partial charge in [0.05, 0.1) is 23.4 Å². The highest BCUT2D eigenvalue weighted by Gasteiger charge is 2.12. The highest BCUT2D eigenvalue weighted by molar-refractivity contribution is 5.98. The average molecular weight is 370 g/mol. The van der Waals surface area contributed by atoms with Crippen molar-refractivity contribution in [2.75, 3.05) is 11.9 Å². The van der Waals surface area contributed by atoms with E-state index >= 15 is 0 Å². The molecule has 27 heavy (non-hydrogen) atoms. The Morgan fingerprint density at radius 2 is 1.89 bits per heavy atom. The van der Waals surface area contributed by atoms with Crippen molar-refractivity contribution in [2.24, 2.45) is 0 Å². The molecule has 0 saturated carbocycles. The first kappa shape index (κ1) is 18.2. The summed E-state index contributed by atoms with van der Waals surface area (Å²) in [6.07, 6.45) is 3.44. The van der Waals surface area contributed by atoms with E-state index in [0.717, 1.165) is 5.56 Å². The van der Waals surface area contributed by atoms with Crippen LogP contribution in [-0.2, 0) is 9.59 Å². The molecule has 0 saturated heterocycles. The minimum absolute atomic E-state index is 0.0179. The third kappa shape index (κ3) is 4.55. The number of aromatic nitrogens is 2. The topological polar surface area (TPSA) is 86.9 Å². The maximum Gasteiger partial charge on any atom is 0.243 e. The van der Waals surface area contributed by atoms with Crippen molar-refractivity contribution >= 4 is 40.6 Å². The average Bonchev–Trinajstić information content (AvgIpc) is 3.01. The van der Waals surface area contributed by atoms with Crippen LogP contribution in [0.5, 0.6) is 0 Å². The summed E-state index contributed by atoms with van der Waals surface area (Å²) in [5.74, 6) is -1.86. The monoisotopic (exact) mass is 370 g/mol. The minimum Gasteiger partial charge on any atom is -0.347 e. The molecule has 0 unspecified atom stereocenters. The zero-order valence-corrected chi connectivity index (χ0v) is 14.3. The van der Waals surface area contributed by atoms with Gasteiger partial charge in [-0.25, -0.2) is 8.78 Å². The lowest BCUT2D eigenvalue weighted by molar-refractivity contribution is -0.122. The molecule has 0 aliphatic carbocycles. The van der Waals surface area contributed by atoms with Gasteiger partial charge in [-0.3, -0.25) is 14.7 Å². The fourth-order valence-electron chi connectivity index (χ4n) is 2.43. The van der Waals surface area contributed by atoms with Crippen LogP contribution in [0.25, 0.3) is 23.1 Å². The Morgan fingerprint density at radius 1 is 1.15 bits per heavy atom. The van der Waals surface area contributed by atoms with Gasteiger partial charge in [0.2, 0.25) is 11.8 Å². The molecular formula is C19H16F2N4O2. The predicted octanol–water partition coefficient (Wildman–Crippen LogP) is 3.09. The van der Waals surface area contributed by atoms with Crippen LogP contribution in [0.1, 0.15) is 18.2 Å². The van der Waals surface area contributed by atoms with Gasteiger partial charge in [-0.15, -0.1) is 0 Å². The van der Waals surface area contributed by atoms with E-state index in [-0.39, 0.29) is 24.0 Å². The van der Waals surface area contributed by atoms with E-state index in [9.17, 15) is 18.4 Å². The fraction of sp³-hybridized carbons (Fsp3) is 0.105. The molecule has 2 amide bonds. The normalized spacial score (nSPS) is 11.1. The summed E-state index contributed by atoms with van der Waals surface area (Å²) in [4.78, 5) is 22.7. The summed E-state index contributed by atoms with van der Waals surface area (Å²) in [6, 6.07) is 8.62. The maximum absolute atomic E-state index is 14.2. The highest BCUT2D eigenvalue weighted by Crippen LogP contribution is 2.25. The first-order valence-electron chi connectivity index (χ1n) is 8.08. The number of H-pyrrole nitrogens is 1. The predicted molar refractivity (Wildman–Crippen MR) is 98.7 cm³/mol. The smallest absolute Gasteiger partial charge is 0.243 e. The van der Waals surface area contributed by atoms with E-state index in [1.807, 2.05) is 0 Å². The molecule has 0 fully saturated rings. The molecule has 0 atom stereocenters. The number of benzene rings is 2. The molecule has 0 spiro atoms. The highest BCUT2D eigenvalue weighted by atomic mass is 19.1. The Kier molecular flexibility index (Phi) is 5.25. The molecule has 138 valence electrons. The number of anilines is 1. The summed E-state index contributed by atoms with van der Waals surface area (Å²) in [5.41, 5.74) is 1.76. The van der Waals surface area contributed by atoms with Gasteiger partial charge < -0.3 is 10.6 Å². The number of halogens is 2. The zero-order chi connectivity index (χ0) is 19.4. The van der Waals surface area contributed by atoms with Gasteiger partial charge in [-0.2, -0.15) is 5.10 Å². The number of aromatic amines is 1. The molecule has 3 aromatic rings. The van der Waals surface area contributed by atoms with Crippen molar-refractivity contribution in [3.05, 3.63) is 59.3 Å². The van der Waals surface area contributed by atoms with Crippen LogP contribution in [0.4, 0.5) is 14.5 Å². The second-order valence-electron chi connectivity index (χ2n) is 5.83. The quantitative estimate of drug-likeness (QED) is 0.645. The third-order valence-corrected chi connectivity index (χ3v) is 3.76. The van der Waals surface area contributed by atoms with Gasteiger partial charge in [0.1, 0.15) is 11.6 Å². The van der Waals surface area contributed by atoms with Crippen molar-refractivity contribution in [3.8, 4) is 0 Å². The van der Waals surface area contributed by atoms with E-state index in [0.29, 0.717) is 16.6 Å². The molecule has 0 aliphatic heterocycles. The summed E-state index contributed by atoms with van der Waals surface area (Å²) < 4.78 is 27.1. The molecule has 2 aromatic carbocycles. The van der Waals surface area contributed by atoms with Gasteiger partial charge in [0.15, 0.2) is 0 Å². The zero-order valence-electron chi connectivity index (χ0n) is 14.3. The molecule has 3 N–H and O–H groups in total. The number of hydrogen-bond donors (Lipinski definition) is 3. The van der Waals surface area contributed by atoms with E-state index in [1.165, 1.54) is 31.2 Å². The summed E-state index contributed by atoms with van der Waals surface area (Å²) >= 11 is 0. The Morgan fingerprint density at radius 3 is 2.59 bits per heavy atom. The van der Waals surface area contributed by atoms with Crippen LogP contribution in [0.2, 0.25) is 0 Å². The molecule has 8 heteroatoms. The number of hydrogen-bond acceptors (Lipinski definition) is 3. The van der Waals surface area contributed by atoms with E-state index < -0.39 is 11.7 Å². The molecule has 1 aromatic heterocycles. The van der Waals surface area contributed by atoms with E-state index in [2.05, 4.69) is 20.8 Å². The van der Waals surface area contributed by atoms with Crippen molar-refractivity contribution in [1.29, 1.82) is 0 Å². The third-order valence-electron chi connectivity index (χ3n) is 3.76. The summed E-state index contributed by atoms with van der Waals surface area (Å²) in [6.45, 7) is 1.03. The second kappa shape index (κ2) is 7.77. The molecule has 0 bridgehead atoms. The van der Waals surface area contributed by atoms with Crippen LogP contribution in [0, 0.1) is 11.6 Å². The number of fused-ring (bicyclic) bond motifs is 1. The Labute approximate surface area is 153 Å². The SMILES string of the molecule is CC(=O)NCC(=O)Nc1cc2c(C=Cc3ccc(F)cc3)n[nH]c2cc1F. The minimum atomic E-state index is -0.628. The maximum atomic E-state index is 14.2. The first-order valence-corrected chi connectivity index (χ1v) is 8.08. The lowest BCUT2D eigenvalue weighted by Crippen LogP contribution is -2.31. The lowest BCUT2D eigenvalue weighted by Gasteiger charge is -2.07. The Balaban J connectivity index is 1.84. The molecular weight excluding hydrogens is 354 g/mol. The van der Waals surface area contributed by atoms with Crippen molar-refractivity contribution < 1.29 is 18.4 Å². The Bertz CT molecular complexity index is 1030. The Hall–Kier alpha value is -3.55. The summed E-state index contributed by atoms with van der Waals surface area (Å²) in [5, 5.41) is 12.2. The largest absolute Gasteiger partial charge is 0.347 e. The van der Waals surface area contributed by atoms with E-state index in [1.54, 1.807) is 24.3 Å². The van der Waals surface area contributed by atoms with Crippen LogP contribution in [0.3, 0.4) is 0 Å². The van der Waals surface area contributed by atoms with Crippen LogP contribution >= 0.6 is 0 Å². The van der Waals surface area contributed by atoms with Crippen LogP contribution in [-0.4, -0.2) is 28.6 Å². The molecule has 1 heterocycles.